The number of ether oxygens (including phenoxy) is 3. The van der Waals surface area contributed by atoms with Crippen molar-refractivity contribution >= 4 is 17.9 Å². The highest BCUT2D eigenvalue weighted by atomic mass is 16.5. The first kappa shape index (κ1) is 21.7. The highest BCUT2D eigenvalue weighted by Crippen LogP contribution is 2.28. The molecule has 8 nitrogen and oxygen atoms in total. The molecule has 0 heterocycles. The van der Waals surface area contributed by atoms with Crippen molar-refractivity contribution in [1.29, 1.82) is 0 Å². The lowest BCUT2D eigenvalue weighted by Gasteiger charge is -2.18. The summed E-state index contributed by atoms with van der Waals surface area (Å²) in [5.74, 6) is -0.348. The van der Waals surface area contributed by atoms with E-state index in [-0.39, 0.29) is 6.42 Å². The molecule has 0 aliphatic rings. The molecule has 0 saturated heterocycles. The minimum Gasteiger partial charge on any atom is -0.493 e. The fourth-order valence-corrected chi connectivity index (χ4v) is 2.61. The van der Waals surface area contributed by atoms with Crippen molar-refractivity contribution < 1.29 is 28.6 Å². The molecular formula is C21H24N2O6. The van der Waals surface area contributed by atoms with E-state index in [1.807, 2.05) is 0 Å². The molecule has 2 N–H and O–H groups in total. The molecule has 2 rings (SSSR count). The van der Waals surface area contributed by atoms with Crippen LogP contribution in [0.2, 0.25) is 0 Å². The normalized spacial score (nSPS) is 11.1. The number of esters is 1. The minimum atomic E-state index is -1.26. The third kappa shape index (κ3) is 6.24. The lowest BCUT2D eigenvalue weighted by molar-refractivity contribution is -0.155. The number of hydrogen-bond donors (Lipinski definition) is 2. The molecule has 1 unspecified atom stereocenters. The first-order valence-electron chi connectivity index (χ1n) is 9.02. The van der Waals surface area contributed by atoms with Gasteiger partial charge in [0, 0.05) is 12.1 Å². The van der Waals surface area contributed by atoms with Gasteiger partial charge in [-0.1, -0.05) is 36.4 Å². The van der Waals surface area contributed by atoms with Crippen LogP contribution in [0, 0.1) is 0 Å². The number of imide groups is 1. The number of rotatable bonds is 8. The lowest BCUT2D eigenvalue weighted by Crippen LogP contribution is -2.42. The van der Waals surface area contributed by atoms with E-state index >= 15 is 0 Å². The molecule has 3 amide bonds. The van der Waals surface area contributed by atoms with Crippen LogP contribution in [0.15, 0.2) is 48.5 Å². The van der Waals surface area contributed by atoms with Gasteiger partial charge < -0.3 is 19.5 Å². The van der Waals surface area contributed by atoms with Gasteiger partial charge in [-0.3, -0.25) is 14.9 Å². The first-order chi connectivity index (χ1) is 14.0. The molecule has 0 saturated carbocycles. The van der Waals surface area contributed by atoms with Crippen LogP contribution in [0.1, 0.15) is 24.2 Å². The molecule has 0 aliphatic heterocycles. The number of benzene rings is 2. The van der Waals surface area contributed by atoms with Crippen LogP contribution in [0.3, 0.4) is 0 Å². The molecule has 0 radical (unpaired) electrons. The predicted octanol–water partition coefficient (Wildman–Crippen LogP) is 2.38. The van der Waals surface area contributed by atoms with Crippen molar-refractivity contribution in [3.8, 4) is 11.5 Å². The number of methoxy groups -OCH3 is 2. The molecule has 29 heavy (non-hydrogen) atoms. The molecule has 0 aromatic heterocycles. The smallest absolute Gasteiger partial charge is 0.321 e. The van der Waals surface area contributed by atoms with Gasteiger partial charge in [-0.2, -0.15) is 0 Å². The zero-order valence-electron chi connectivity index (χ0n) is 16.6. The highest BCUT2D eigenvalue weighted by Gasteiger charge is 2.26. The highest BCUT2D eigenvalue weighted by molar-refractivity contribution is 5.97. The van der Waals surface area contributed by atoms with Gasteiger partial charge in [0.15, 0.2) is 11.5 Å². The lowest BCUT2D eigenvalue weighted by atomic mass is 10.1. The fraction of sp³-hybridized carbons (Fsp3) is 0.286. The Bertz CT molecular complexity index is 854. The molecule has 0 spiro atoms. The van der Waals surface area contributed by atoms with Gasteiger partial charge in [-0.15, -0.1) is 0 Å². The van der Waals surface area contributed by atoms with E-state index in [1.54, 1.807) is 55.5 Å². The standard InChI is InChI=1S/C21H24N2O6/c1-4-22-21(26)23-20(25)19(15-8-6-5-7-9-15)29-18(24)13-14-10-11-16(27-2)17(12-14)28-3/h5-12,19H,4,13H2,1-3H3,(H2,22,23,25,26). The maximum Gasteiger partial charge on any atom is 0.321 e. The second kappa shape index (κ2) is 10.7. The van der Waals surface area contributed by atoms with Gasteiger partial charge in [0.2, 0.25) is 6.10 Å². The third-order valence-electron chi connectivity index (χ3n) is 3.96. The first-order valence-corrected chi connectivity index (χ1v) is 9.02. The summed E-state index contributed by atoms with van der Waals surface area (Å²) in [5.41, 5.74) is 1.08. The van der Waals surface area contributed by atoms with Crippen molar-refractivity contribution in [2.75, 3.05) is 20.8 Å². The average molecular weight is 400 g/mol. The van der Waals surface area contributed by atoms with Crippen LogP contribution in [-0.2, 0) is 20.7 Å². The largest absolute Gasteiger partial charge is 0.493 e. The number of hydrogen-bond acceptors (Lipinski definition) is 6. The summed E-state index contributed by atoms with van der Waals surface area (Å²) in [6.07, 6.45) is -1.34. The van der Waals surface area contributed by atoms with Gasteiger partial charge in [-0.05, 0) is 24.6 Å². The summed E-state index contributed by atoms with van der Waals surface area (Å²) < 4.78 is 15.8. The van der Waals surface area contributed by atoms with Gasteiger partial charge in [0.25, 0.3) is 5.91 Å². The maximum atomic E-state index is 12.5. The van der Waals surface area contributed by atoms with Gasteiger partial charge in [0.05, 0.1) is 20.6 Å². The molecule has 0 fully saturated rings. The molecule has 154 valence electrons. The van der Waals surface area contributed by atoms with Crippen molar-refractivity contribution in [2.24, 2.45) is 0 Å². The average Bonchev–Trinajstić information content (AvgIpc) is 2.72. The summed E-state index contributed by atoms with van der Waals surface area (Å²) in [5, 5.41) is 4.64. The van der Waals surface area contributed by atoms with Gasteiger partial charge >= 0.3 is 12.0 Å². The summed E-state index contributed by atoms with van der Waals surface area (Å²) in [6.45, 7) is 2.08. The molecule has 2 aromatic rings. The SMILES string of the molecule is CCNC(=O)NC(=O)C(OC(=O)Cc1ccc(OC)c(OC)c1)c1ccccc1. The predicted molar refractivity (Wildman–Crippen MR) is 106 cm³/mol. The van der Waals surface area contributed by atoms with Crippen LogP contribution in [0.25, 0.3) is 0 Å². The Morgan fingerprint density at radius 1 is 0.966 bits per heavy atom. The van der Waals surface area contributed by atoms with Crippen LogP contribution >= 0.6 is 0 Å². The van der Waals surface area contributed by atoms with Crippen molar-refractivity contribution in [3.63, 3.8) is 0 Å². The topological polar surface area (TPSA) is 103 Å². The zero-order chi connectivity index (χ0) is 21.2. The number of carbonyl (C=O) groups excluding carboxylic acids is 3. The maximum absolute atomic E-state index is 12.5. The number of amides is 3. The molecule has 0 bridgehead atoms. The third-order valence-corrected chi connectivity index (χ3v) is 3.96. The van der Waals surface area contributed by atoms with E-state index in [9.17, 15) is 14.4 Å². The van der Waals surface area contributed by atoms with Crippen molar-refractivity contribution in [2.45, 2.75) is 19.4 Å². The number of urea groups is 1. The zero-order valence-corrected chi connectivity index (χ0v) is 16.6. The van der Waals surface area contributed by atoms with E-state index in [2.05, 4.69) is 10.6 Å². The Hall–Kier alpha value is -3.55. The Kier molecular flexibility index (Phi) is 8.02. The van der Waals surface area contributed by atoms with Crippen LogP contribution < -0.4 is 20.1 Å². The Morgan fingerprint density at radius 2 is 1.66 bits per heavy atom. The Morgan fingerprint density at radius 3 is 2.28 bits per heavy atom. The summed E-state index contributed by atoms with van der Waals surface area (Å²) in [4.78, 5) is 36.7. The van der Waals surface area contributed by atoms with E-state index in [1.165, 1.54) is 14.2 Å². The quantitative estimate of drug-likeness (QED) is 0.660. The number of nitrogens with one attached hydrogen (secondary N) is 2. The van der Waals surface area contributed by atoms with Crippen LogP contribution in [0.5, 0.6) is 11.5 Å². The molecule has 1 atom stereocenters. The van der Waals surface area contributed by atoms with E-state index in [0.717, 1.165) is 0 Å². The van der Waals surface area contributed by atoms with E-state index in [4.69, 9.17) is 14.2 Å². The van der Waals surface area contributed by atoms with E-state index in [0.29, 0.717) is 29.2 Å². The summed E-state index contributed by atoms with van der Waals surface area (Å²) in [6, 6.07) is 12.9. The second-order valence-corrected chi connectivity index (χ2v) is 6.00. The minimum absolute atomic E-state index is 0.0852. The van der Waals surface area contributed by atoms with Crippen molar-refractivity contribution in [1.82, 2.24) is 10.6 Å². The van der Waals surface area contributed by atoms with E-state index < -0.39 is 24.0 Å². The molecule has 2 aromatic carbocycles. The molecule has 0 aliphatic carbocycles. The Balaban J connectivity index is 2.15. The van der Waals surface area contributed by atoms with Crippen molar-refractivity contribution in [3.05, 3.63) is 59.7 Å². The summed E-state index contributed by atoms with van der Waals surface area (Å²) >= 11 is 0. The van der Waals surface area contributed by atoms with Crippen LogP contribution in [0.4, 0.5) is 4.79 Å². The van der Waals surface area contributed by atoms with Gasteiger partial charge in [0.1, 0.15) is 0 Å². The monoisotopic (exact) mass is 400 g/mol. The Labute approximate surface area is 169 Å². The molecular weight excluding hydrogens is 376 g/mol. The van der Waals surface area contributed by atoms with Gasteiger partial charge in [-0.25, -0.2) is 4.79 Å². The fourth-order valence-electron chi connectivity index (χ4n) is 2.61. The summed E-state index contributed by atoms with van der Waals surface area (Å²) in [7, 11) is 3.01. The second-order valence-electron chi connectivity index (χ2n) is 6.00. The molecule has 8 heteroatoms. The van der Waals surface area contributed by atoms with Crippen LogP contribution in [-0.4, -0.2) is 38.7 Å². The number of carbonyl (C=O) groups is 3.